The van der Waals surface area contributed by atoms with E-state index in [9.17, 15) is 18.0 Å². The molecule has 3 aromatic rings. The molecule has 35 heavy (non-hydrogen) atoms. The average Bonchev–Trinajstić information content (AvgIpc) is 3.42. The fourth-order valence-electron chi connectivity index (χ4n) is 4.96. The second-order valence-corrected chi connectivity index (χ2v) is 9.61. The summed E-state index contributed by atoms with van der Waals surface area (Å²) in [6, 6.07) is 7.43. The minimum Gasteiger partial charge on any atom is -0.347 e. The van der Waals surface area contributed by atoms with Crippen LogP contribution in [-0.2, 0) is 38.9 Å². The number of hydrogen-bond acceptors (Lipinski definition) is 4. The molecule has 0 unspecified atom stereocenters. The lowest BCUT2D eigenvalue weighted by atomic mass is 9.98. The summed E-state index contributed by atoms with van der Waals surface area (Å²) in [6.45, 7) is 5.61. The van der Waals surface area contributed by atoms with Crippen molar-refractivity contribution in [3.8, 4) is 11.4 Å². The third-order valence-corrected chi connectivity index (χ3v) is 7.04. The number of rotatable bonds is 5. The number of aromatic nitrogens is 5. The Balaban J connectivity index is 1.25. The first-order valence-electron chi connectivity index (χ1n) is 12.2. The van der Waals surface area contributed by atoms with Crippen molar-refractivity contribution < 1.29 is 18.0 Å². The van der Waals surface area contributed by atoms with Crippen molar-refractivity contribution >= 4 is 5.91 Å². The summed E-state index contributed by atoms with van der Waals surface area (Å²) in [5.74, 6) is 0.872. The van der Waals surface area contributed by atoms with Crippen LogP contribution in [0.3, 0.4) is 0 Å². The van der Waals surface area contributed by atoms with Crippen LogP contribution in [0.4, 0.5) is 13.2 Å². The van der Waals surface area contributed by atoms with Gasteiger partial charge >= 0.3 is 6.18 Å². The van der Waals surface area contributed by atoms with E-state index in [1.165, 1.54) is 0 Å². The van der Waals surface area contributed by atoms with Crippen LogP contribution >= 0.6 is 0 Å². The van der Waals surface area contributed by atoms with Crippen molar-refractivity contribution in [2.75, 3.05) is 0 Å². The monoisotopic (exact) mass is 486 g/mol. The molecule has 7 nitrogen and oxygen atoms in total. The molecule has 10 heteroatoms. The first-order chi connectivity index (χ1) is 16.7. The summed E-state index contributed by atoms with van der Waals surface area (Å²) < 4.78 is 42.9. The number of benzene rings is 1. The SMILES string of the molecule is CCc1nc2n(c1C(=O)NCc1ccc(-c3nc4n(n3)CC[C@@H](C(F)(F)F)C4)cc1)CC[C@H](C)C2. The normalized spacial score (nSPS) is 19.8. The van der Waals surface area contributed by atoms with E-state index in [-0.39, 0.29) is 25.3 Å². The lowest BCUT2D eigenvalue weighted by Crippen LogP contribution is -2.31. The Morgan fingerprint density at radius 3 is 2.57 bits per heavy atom. The second kappa shape index (κ2) is 9.13. The molecule has 1 aromatic carbocycles. The Hall–Kier alpha value is -3.17. The van der Waals surface area contributed by atoms with Gasteiger partial charge in [-0.25, -0.2) is 14.6 Å². The number of nitrogens with zero attached hydrogens (tertiary/aromatic N) is 5. The molecule has 1 N–H and O–H groups in total. The van der Waals surface area contributed by atoms with Crippen molar-refractivity contribution in [1.29, 1.82) is 0 Å². The van der Waals surface area contributed by atoms with Crippen LogP contribution in [-0.4, -0.2) is 36.4 Å². The van der Waals surface area contributed by atoms with Gasteiger partial charge < -0.3 is 9.88 Å². The number of carbonyl (C=O) groups excluding carboxylic acids is 1. The third-order valence-electron chi connectivity index (χ3n) is 7.04. The Kier molecular flexibility index (Phi) is 6.14. The zero-order valence-electron chi connectivity index (χ0n) is 19.9. The maximum Gasteiger partial charge on any atom is 0.392 e. The summed E-state index contributed by atoms with van der Waals surface area (Å²) in [4.78, 5) is 22.1. The van der Waals surface area contributed by atoms with E-state index in [0.717, 1.165) is 42.0 Å². The van der Waals surface area contributed by atoms with E-state index in [1.54, 1.807) is 4.68 Å². The fraction of sp³-hybridized carbons (Fsp3) is 0.520. The van der Waals surface area contributed by atoms with Gasteiger partial charge in [-0.05, 0) is 30.7 Å². The molecule has 0 saturated carbocycles. The van der Waals surface area contributed by atoms with Gasteiger partial charge in [0.1, 0.15) is 17.3 Å². The molecule has 2 atom stereocenters. The maximum absolute atomic E-state index is 13.1. The van der Waals surface area contributed by atoms with Crippen molar-refractivity contribution in [1.82, 2.24) is 29.6 Å². The number of carbonyl (C=O) groups is 1. The Morgan fingerprint density at radius 2 is 1.86 bits per heavy atom. The summed E-state index contributed by atoms with van der Waals surface area (Å²) in [7, 11) is 0. The van der Waals surface area contributed by atoms with E-state index >= 15 is 0 Å². The lowest BCUT2D eigenvalue weighted by molar-refractivity contribution is -0.179. The number of amides is 1. The lowest BCUT2D eigenvalue weighted by Gasteiger charge is -2.24. The van der Waals surface area contributed by atoms with Gasteiger partial charge in [0.2, 0.25) is 0 Å². The minimum absolute atomic E-state index is 0.0249. The highest BCUT2D eigenvalue weighted by molar-refractivity contribution is 5.94. The van der Waals surface area contributed by atoms with Crippen molar-refractivity contribution in [3.63, 3.8) is 0 Å². The number of imidazole rings is 1. The third kappa shape index (κ3) is 4.70. The van der Waals surface area contributed by atoms with Gasteiger partial charge in [0, 0.05) is 38.0 Å². The molecule has 0 spiro atoms. The van der Waals surface area contributed by atoms with E-state index in [1.807, 2.05) is 31.2 Å². The number of nitrogens with one attached hydrogen (secondary N) is 1. The minimum atomic E-state index is -4.21. The Morgan fingerprint density at radius 1 is 1.09 bits per heavy atom. The molecule has 2 aromatic heterocycles. The maximum atomic E-state index is 13.1. The van der Waals surface area contributed by atoms with Crippen LogP contribution in [0, 0.1) is 11.8 Å². The molecule has 186 valence electrons. The van der Waals surface area contributed by atoms with Crippen LogP contribution in [0.1, 0.15) is 60.1 Å². The molecule has 0 fully saturated rings. The van der Waals surface area contributed by atoms with E-state index < -0.39 is 12.1 Å². The van der Waals surface area contributed by atoms with Gasteiger partial charge in [-0.15, -0.1) is 0 Å². The smallest absolute Gasteiger partial charge is 0.347 e. The highest BCUT2D eigenvalue weighted by Crippen LogP contribution is 2.35. The van der Waals surface area contributed by atoms with E-state index in [2.05, 4.69) is 26.9 Å². The molecule has 1 amide bonds. The molecule has 0 radical (unpaired) electrons. The highest BCUT2D eigenvalue weighted by Gasteiger charge is 2.42. The number of aryl methyl sites for hydroxylation is 2. The largest absolute Gasteiger partial charge is 0.392 e. The molecule has 0 bridgehead atoms. The van der Waals surface area contributed by atoms with Crippen LogP contribution in [0.25, 0.3) is 11.4 Å². The van der Waals surface area contributed by atoms with Crippen LogP contribution in [0.5, 0.6) is 0 Å². The summed E-state index contributed by atoms with van der Waals surface area (Å²) in [5, 5.41) is 7.41. The van der Waals surface area contributed by atoms with E-state index in [4.69, 9.17) is 4.98 Å². The first kappa shape index (κ1) is 23.6. The molecule has 0 aliphatic carbocycles. The summed E-state index contributed by atoms with van der Waals surface area (Å²) >= 11 is 0. The zero-order chi connectivity index (χ0) is 24.7. The number of alkyl halides is 3. The first-order valence-corrected chi connectivity index (χ1v) is 12.2. The molecule has 0 saturated heterocycles. The molecule has 4 heterocycles. The molecule has 2 aliphatic heterocycles. The molecule has 2 aliphatic rings. The molecule has 5 rings (SSSR count). The second-order valence-electron chi connectivity index (χ2n) is 9.61. The zero-order valence-corrected chi connectivity index (χ0v) is 19.9. The number of hydrogen-bond donors (Lipinski definition) is 1. The van der Waals surface area contributed by atoms with Gasteiger partial charge in [0.05, 0.1) is 11.6 Å². The van der Waals surface area contributed by atoms with Crippen molar-refractivity contribution in [2.45, 2.75) is 71.8 Å². The van der Waals surface area contributed by atoms with Gasteiger partial charge in [-0.1, -0.05) is 38.1 Å². The van der Waals surface area contributed by atoms with Gasteiger partial charge in [0.25, 0.3) is 5.91 Å². The standard InChI is InChI=1S/C25H29F3N6O/c1-3-19-22(33-10-8-15(2)12-20(33)30-19)24(35)29-14-16-4-6-17(7-5-16)23-31-21-13-18(25(26,27)28)9-11-34(21)32-23/h4-7,15,18H,3,8-14H2,1-2H3,(H,29,35)/t15-,18+/m0/s1. The summed E-state index contributed by atoms with van der Waals surface area (Å²) in [5.41, 5.74) is 3.14. The molecular weight excluding hydrogens is 457 g/mol. The van der Waals surface area contributed by atoms with Gasteiger partial charge in [0.15, 0.2) is 5.82 Å². The summed E-state index contributed by atoms with van der Waals surface area (Å²) in [6.07, 6.45) is -1.69. The fourth-order valence-corrected chi connectivity index (χ4v) is 4.96. The topological polar surface area (TPSA) is 77.6 Å². The van der Waals surface area contributed by atoms with Gasteiger partial charge in [-0.3, -0.25) is 4.79 Å². The predicted octanol–water partition coefficient (Wildman–Crippen LogP) is 4.34. The average molecular weight is 487 g/mol. The quantitative estimate of drug-likeness (QED) is 0.582. The number of fused-ring (bicyclic) bond motifs is 2. The van der Waals surface area contributed by atoms with Crippen molar-refractivity contribution in [2.24, 2.45) is 11.8 Å². The van der Waals surface area contributed by atoms with Crippen LogP contribution in [0.2, 0.25) is 0 Å². The Bertz CT molecular complexity index is 1230. The predicted molar refractivity (Wildman–Crippen MR) is 124 cm³/mol. The Labute approximate surface area is 201 Å². The van der Waals surface area contributed by atoms with E-state index in [0.29, 0.717) is 36.2 Å². The van der Waals surface area contributed by atoms with Crippen LogP contribution < -0.4 is 5.32 Å². The number of halogens is 3. The highest BCUT2D eigenvalue weighted by atomic mass is 19.4. The van der Waals surface area contributed by atoms with Crippen LogP contribution in [0.15, 0.2) is 24.3 Å². The molecular formula is C25H29F3N6O. The van der Waals surface area contributed by atoms with Crippen molar-refractivity contribution in [3.05, 3.63) is 52.9 Å². The van der Waals surface area contributed by atoms with Gasteiger partial charge in [-0.2, -0.15) is 18.3 Å².